The number of tetrazole rings is 1. The molecule has 0 unspecified atom stereocenters. The van der Waals surface area contributed by atoms with E-state index >= 15 is 0 Å². The molecule has 0 aliphatic rings. The Hall–Kier alpha value is -1.45. The molecule has 0 radical (unpaired) electrons. The maximum Gasteiger partial charge on any atom is 0.179 e. The van der Waals surface area contributed by atoms with E-state index in [-0.39, 0.29) is 0 Å². The normalized spacial score (nSPS) is 10.5. The van der Waals surface area contributed by atoms with E-state index in [9.17, 15) is 0 Å². The van der Waals surface area contributed by atoms with Crippen LogP contribution < -0.4 is 0 Å². The highest BCUT2D eigenvalue weighted by molar-refractivity contribution is 5.35. The highest BCUT2D eigenvalue weighted by Crippen LogP contribution is 1.98. The van der Waals surface area contributed by atoms with E-state index in [1.165, 1.54) is 0 Å². The van der Waals surface area contributed by atoms with Gasteiger partial charge in [0.05, 0.1) is 0 Å². The minimum absolute atomic E-state index is 0.783. The van der Waals surface area contributed by atoms with Gasteiger partial charge in [-0.3, -0.25) is 0 Å². The number of pyridine rings is 1. The zero-order chi connectivity index (χ0) is 6.97. The van der Waals surface area contributed by atoms with E-state index in [1.54, 1.807) is 4.52 Å². The molecule has 0 aromatic carbocycles. The Balaban J connectivity index is 2.86. The van der Waals surface area contributed by atoms with Crippen LogP contribution in [0.1, 0.15) is 5.56 Å². The third kappa shape index (κ3) is 0.655. The molecule has 0 saturated carbocycles. The van der Waals surface area contributed by atoms with Crippen molar-refractivity contribution in [1.82, 2.24) is 20.0 Å². The summed E-state index contributed by atoms with van der Waals surface area (Å²) in [6, 6.07) is 3.86. The SMILES string of the molecule is Cc1ccc2nnnn2c1. The van der Waals surface area contributed by atoms with Gasteiger partial charge in [0.1, 0.15) is 0 Å². The first kappa shape index (κ1) is 5.34. The number of rotatable bonds is 0. The Morgan fingerprint density at radius 2 is 2.30 bits per heavy atom. The fourth-order valence-electron chi connectivity index (χ4n) is 0.844. The first-order valence-electron chi connectivity index (χ1n) is 3.00. The van der Waals surface area contributed by atoms with Crippen molar-refractivity contribution >= 4 is 5.65 Å². The molecule has 2 aromatic heterocycles. The smallest absolute Gasteiger partial charge is 0.179 e. The molecule has 0 saturated heterocycles. The maximum atomic E-state index is 3.76. The van der Waals surface area contributed by atoms with Gasteiger partial charge in [0.15, 0.2) is 5.65 Å². The average molecular weight is 134 g/mol. The Morgan fingerprint density at radius 1 is 1.40 bits per heavy atom. The van der Waals surface area contributed by atoms with Gasteiger partial charge in [-0.05, 0) is 29.0 Å². The van der Waals surface area contributed by atoms with Gasteiger partial charge in [0.25, 0.3) is 0 Å². The summed E-state index contributed by atoms with van der Waals surface area (Å²) < 4.78 is 1.65. The number of aryl methyl sites for hydroxylation is 1. The molecule has 0 aliphatic carbocycles. The van der Waals surface area contributed by atoms with Gasteiger partial charge in [0, 0.05) is 6.20 Å². The van der Waals surface area contributed by atoms with Crippen molar-refractivity contribution in [2.75, 3.05) is 0 Å². The number of fused-ring (bicyclic) bond motifs is 1. The van der Waals surface area contributed by atoms with Crippen LogP contribution in [0, 0.1) is 6.92 Å². The van der Waals surface area contributed by atoms with Crippen molar-refractivity contribution in [1.29, 1.82) is 0 Å². The second-order valence-corrected chi connectivity index (χ2v) is 2.19. The summed E-state index contributed by atoms with van der Waals surface area (Å²) in [7, 11) is 0. The van der Waals surface area contributed by atoms with Crippen LogP contribution in [-0.2, 0) is 0 Å². The minimum atomic E-state index is 0.783. The molecule has 0 fully saturated rings. The van der Waals surface area contributed by atoms with Gasteiger partial charge >= 0.3 is 0 Å². The van der Waals surface area contributed by atoms with E-state index in [0.29, 0.717) is 0 Å². The fraction of sp³-hybridized carbons (Fsp3) is 0.167. The van der Waals surface area contributed by atoms with Gasteiger partial charge < -0.3 is 0 Å². The predicted molar refractivity (Wildman–Crippen MR) is 35.5 cm³/mol. The topological polar surface area (TPSA) is 43.1 Å². The summed E-state index contributed by atoms with van der Waals surface area (Å²) >= 11 is 0. The van der Waals surface area contributed by atoms with Crippen LogP contribution in [0.15, 0.2) is 18.3 Å². The summed E-state index contributed by atoms with van der Waals surface area (Å²) in [6.07, 6.45) is 1.88. The van der Waals surface area contributed by atoms with Gasteiger partial charge in [-0.15, -0.1) is 5.10 Å². The standard InChI is InChI=1S/C6H6N4/c1-5-2-3-6-7-8-9-10(6)4-5/h2-4H,1H3. The van der Waals surface area contributed by atoms with Crippen molar-refractivity contribution in [2.45, 2.75) is 6.92 Å². The highest BCUT2D eigenvalue weighted by Gasteiger charge is 1.92. The Labute approximate surface area is 57.5 Å². The van der Waals surface area contributed by atoms with Crippen LogP contribution in [0.4, 0.5) is 0 Å². The highest BCUT2D eigenvalue weighted by atomic mass is 15.5. The summed E-state index contributed by atoms with van der Waals surface area (Å²) in [5.41, 5.74) is 1.94. The van der Waals surface area contributed by atoms with Crippen LogP contribution in [0.3, 0.4) is 0 Å². The zero-order valence-corrected chi connectivity index (χ0v) is 5.52. The van der Waals surface area contributed by atoms with Gasteiger partial charge in [0.2, 0.25) is 0 Å². The Kier molecular flexibility index (Phi) is 0.943. The molecule has 2 heterocycles. The number of hydrogen-bond donors (Lipinski definition) is 0. The molecule has 2 aromatic rings. The van der Waals surface area contributed by atoms with Crippen molar-refractivity contribution in [3.05, 3.63) is 23.9 Å². The largest absolute Gasteiger partial charge is 0.200 e. The van der Waals surface area contributed by atoms with Crippen molar-refractivity contribution in [3.63, 3.8) is 0 Å². The summed E-state index contributed by atoms with van der Waals surface area (Å²) in [5.74, 6) is 0. The van der Waals surface area contributed by atoms with Crippen molar-refractivity contribution in [3.8, 4) is 0 Å². The molecule has 4 heteroatoms. The number of aromatic nitrogens is 4. The Bertz CT molecular complexity index is 351. The quantitative estimate of drug-likeness (QED) is 0.524. The molecule has 0 spiro atoms. The zero-order valence-electron chi connectivity index (χ0n) is 5.52. The van der Waals surface area contributed by atoms with Gasteiger partial charge in [-0.2, -0.15) is 0 Å². The average Bonchev–Trinajstić information content (AvgIpc) is 2.33. The fourth-order valence-corrected chi connectivity index (χ4v) is 0.844. The van der Waals surface area contributed by atoms with Gasteiger partial charge in [-0.25, -0.2) is 4.52 Å². The predicted octanol–water partition coefficient (Wildman–Crippen LogP) is 0.433. The Morgan fingerprint density at radius 3 is 3.20 bits per heavy atom. The molecule has 0 bridgehead atoms. The molecule has 4 nitrogen and oxygen atoms in total. The van der Waals surface area contributed by atoms with Crippen molar-refractivity contribution < 1.29 is 0 Å². The third-order valence-electron chi connectivity index (χ3n) is 1.34. The second-order valence-electron chi connectivity index (χ2n) is 2.19. The molecule has 2 rings (SSSR count). The lowest BCUT2D eigenvalue weighted by Gasteiger charge is -1.89. The van der Waals surface area contributed by atoms with Crippen molar-refractivity contribution in [2.24, 2.45) is 0 Å². The van der Waals surface area contributed by atoms with Crippen LogP contribution in [-0.4, -0.2) is 20.0 Å². The number of nitrogens with zero attached hydrogens (tertiary/aromatic N) is 4. The lowest BCUT2D eigenvalue weighted by Crippen LogP contribution is -1.86. The second kappa shape index (κ2) is 1.76. The third-order valence-corrected chi connectivity index (χ3v) is 1.34. The summed E-state index contributed by atoms with van der Waals surface area (Å²) in [5, 5.41) is 11.0. The van der Waals surface area contributed by atoms with Crippen LogP contribution in [0.25, 0.3) is 5.65 Å². The molecule has 0 aliphatic heterocycles. The van der Waals surface area contributed by atoms with Gasteiger partial charge in [-0.1, -0.05) is 6.07 Å². The summed E-state index contributed by atoms with van der Waals surface area (Å²) in [4.78, 5) is 0. The monoisotopic (exact) mass is 134 g/mol. The van der Waals surface area contributed by atoms with E-state index in [4.69, 9.17) is 0 Å². The number of hydrogen-bond acceptors (Lipinski definition) is 3. The molecule has 0 amide bonds. The molecule has 10 heavy (non-hydrogen) atoms. The van der Waals surface area contributed by atoms with E-state index in [2.05, 4.69) is 15.5 Å². The van der Waals surface area contributed by atoms with E-state index < -0.39 is 0 Å². The lowest BCUT2D eigenvalue weighted by atomic mass is 10.3. The van der Waals surface area contributed by atoms with Crippen LogP contribution >= 0.6 is 0 Å². The molecule has 50 valence electrons. The summed E-state index contributed by atoms with van der Waals surface area (Å²) in [6.45, 7) is 2.00. The molecule has 0 N–H and O–H groups in total. The molecule has 0 atom stereocenters. The molecular weight excluding hydrogens is 128 g/mol. The first-order valence-corrected chi connectivity index (χ1v) is 3.00. The molecular formula is C6H6N4. The van der Waals surface area contributed by atoms with Crippen LogP contribution in [0.2, 0.25) is 0 Å². The van der Waals surface area contributed by atoms with E-state index in [1.807, 2.05) is 25.3 Å². The van der Waals surface area contributed by atoms with E-state index in [0.717, 1.165) is 11.2 Å². The first-order chi connectivity index (χ1) is 4.86. The van der Waals surface area contributed by atoms with Crippen LogP contribution in [0.5, 0.6) is 0 Å². The minimum Gasteiger partial charge on any atom is -0.200 e. The maximum absolute atomic E-state index is 3.76. The lowest BCUT2D eigenvalue weighted by molar-refractivity contribution is 0.820.